The van der Waals surface area contributed by atoms with Crippen molar-refractivity contribution in [1.82, 2.24) is 0 Å². The predicted molar refractivity (Wildman–Crippen MR) is 85.4 cm³/mol. The number of benzene rings is 2. The fourth-order valence-corrected chi connectivity index (χ4v) is 2.82. The molecule has 0 aliphatic carbocycles. The second kappa shape index (κ2) is 7.07. The monoisotopic (exact) mass is 282 g/mol. The van der Waals surface area contributed by atoms with Crippen LogP contribution >= 0.6 is 0 Å². The molecule has 110 valence electrons. The van der Waals surface area contributed by atoms with Crippen LogP contribution in [0.4, 0.5) is 0 Å². The molecule has 0 saturated heterocycles. The van der Waals surface area contributed by atoms with Gasteiger partial charge in [0.1, 0.15) is 0 Å². The van der Waals surface area contributed by atoms with Gasteiger partial charge in [-0.25, -0.2) is 0 Å². The van der Waals surface area contributed by atoms with Crippen LogP contribution in [0.1, 0.15) is 43.7 Å². The highest BCUT2D eigenvalue weighted by molar-refractivity contribution is 5.66. The molecule has 0 heterocycles. The van der Waals surface area contributed by atoms with Crippen molar-refractivity contribution in [3.63, 3.8) is 0 Å². The Balaban J connectivity index is 2.21. The summed E-state index contributed by atoms with van der Waals surface area (Å²) >= 11 is 0. The highest BCUT2D eigenvalue weighted by Crippen LogP contribution is 2.36. The second-order valence-electron chi connectivity index (χ2n) is 5.67. The predicted octanol–water partition coefficient (Wildman–Crippen LogP) is 4.64. The standard InChI is InChI=1S/C19H22O2/c1-19(15-9-8-14-18(20)21,16-10-4-2-5-11-16)17-12-6-3-7-13-17/h2-7,10-13H,8-9,14-15H2,1H3,(H,20,21). The zero-order valence-corrected chi connectivity index (χ0v) is 12.5. The average Bonchev–Trinajstić information content (AvgIpc) is 2.53. The SMILES string of the molecule is CC(CCCCC(=O)O)(c1ccccc1)c1ccccc1. The molecule has 0 bridgehead atoms. The van der Waals surface area contributed by atoms with Crippen LogP contribution in [-0.4, -0.2) is 11.1 Å². The third kappa shape index (κ3) is 3.94. The summed E-state index contributed by atoms with van der Waals surface area (Å²) in [5.74, 6) is -0.712. The van der Waals surface area contributed by atoms with Gasteiger partial charge >= 0.3 is 5.97 Å². The topological polar surface area (TPSA) is 37.3 Å². The maximum Gasteiger partial charge on any atom is 0.303 e. The van der Waals surface area contributed by atoms with Crippen LogP contribution in [0.3, 0.4) is 0 Å². The summed E-state index contributed by atoms with van der Waals surface area (Å²) in [5.41, 5.74) is 2.50. The van der Waals surface area contributed by atoms with E-state index in [0.29, 0.717) is 0 Å². The Morgan fingerprint density at radius 2 is 1.38 bits per heavy atom. The molecule has 0 saturated carbocycles. The van der Waals surface area contributed by atoms with Crippen LogP contribution in [0.15, 0.2) is 60.7 Å². The van der Waals surface area contributed by atoms with Gasteiger partial charge in [0.2, 0.25) is 0 Å². The first-order chi connectivity index (χ1) is 10.1. The zero-order valence-electron chi connectivity index (χ0n) is 12.5. The molecule has 2 nitrogen and oxygen atoms in total. The lowest BCUT2D eigenvalue weighted by atomic mass is 9.73. The van der Waals surface area contributed by atoms with Crippen molar-refractivity contribution in [2.75, 3.05) is 0 Å². The summed E-state index contributed by atoms with van der Waals surface area (Å²) in [4.78, 5) is 10.7. The van der Waals surface area contributed by atoms with Gasteiger partial charge in [-0.05, 0) is 24.0 Å². The van der Waals surface area contributed by atoms with E-state index in [1.807, 2.05) is 12.1 Å². The van der Waals surface area contributed by atoms with Gasteiger partial charge in [0.15, 0.2) is 0 Å². The van der Waals surface area contributed by atoms with Gasteiger partial charge in [-0.15, -0.1) is 0 Å². The van der Waals surface area contributed by atoms with Crippen LogP contribution in [0.25, 0.3) is 0 Å². The van der Waals surface area contributed by atoms with E-state index < -0.39 is 5.97 Å². The Morgan fingerprint density at radius 1 is 0.905 bits per heavy atom. The molecule has 0 aliphatic heterocycles. The van der Waals surface area contributed by atoms with Crippen molar-refractivity contribution >= 4 is 5.97 Å². The van der Waals surface area contributed by atoms with E-state index in [0.717, 1.165) is 19.3 Å². The molecule has 0 fully saturated rings. The number of hydrogen-bond donors (Lipinski definition) is 1. The Kier molecular flexibility index (Phi) is 5.15. The Bertz CT molecular complexity index is 521. The van der Waals surface area contributed by atoms with Gasteiger partial charge in [0.05, 0.1) is 0 Å². The summed E-state index contributed by atoms with van der Waals surface area (Å²) < 4.78 is 0. The summed E-state index contributed by atoms with van der Waals surface area (Å²) in [6.07, 6.45) is 2.84. The van der Waals surface area contributed by atoms with E-state index >= 15 is 0 Å². The average molecular weight is 282 g/mol. The highest BCUT2D eigenvalue weighted by Gasteiger charge is 2.27. The molecule has 1 N–H and O–H groups in total. The fraction of sp³-hybridized carbons (Fsp3) is 0.316. The number of carbonyl (C=O) groups is 1. The summed E-state index contributed by atoms with van der Waals surface area (Å²) in [6.45, 7) is 2.25. The molecule has 0 unspecified atom stereocenters. The molecular weight excluding hydrogens is 260 g/mol. The van der Waals surface area contributed by atoms with E-state index in [2.05, 4.69) is 55.5 Å². The smallest absolute Gasteiger partial charge is 0.303 e. The van der Waals surface area contributed by atoms with Gasteiger partial charge in [-0.2, -0.15) is 0 Å². The van der Waals surface area contributed by atoms with E-state index in [1.165, 1.54) is 11.1 Å². The maximum atomic E-state index is 10.7. The molecule has 21 heavy (non-hydrogen) atoms. The number of carboxylic acids is 1. The molecule has 0 aliphatic rings. The van der Waals surface area contributed by atoms with Gasteiger partial charge in [-0.3, -0.25) is 4.79 Å². The molecule has 2 aromatic rings. The number of hydrogen-bond acceptors (Lipinski definition) is 1. The van der Waals surface area contributed by atoms with E-state index in [4.69, 9.17) is 5.11 Å². The number of rotatable bonds is 7. The van der Waals surface area contributed by atoms with Crippen LogP contribution in [0.2, 0.25) is 0 Å². The molecular formula is C19H22O2. The molecule has 0 spiro atoms. The largest absolute Gasteiger partial charge is 0.481 e. The van der Waals surface area contributed by atoms with Crippen molar-refractivity contribution in [2.45, 2.75) is 38.0 Å². The van der Waals surface area contributed by atoms with E-state index in [-0.39, 0.29) is 11.8 Å². The first-order valence-corrected chi connectivity index (χ1v) is 7.46. The quantitative estimate of drug-likeness (QED) is 0.751. The molecule has 0 amide bonds. The van der Waals surface area contributed by atoms with Crippen LogP contribution in [0, 0.1) is 0 Å². The summed E-state index contributed by atoms with van der Waals surface area (Å²) in [5, 5.41) is 8.78. The van der Waals surface area contributed by atoms with Crippen molar-refractivity contribution in [1.29, 1.82) is 0 Å². The molecule has 0 atom stereocenters. The minimum Gasteiger partial charge on any atom is -0.481 e. The zero-order chi connectivity index (χ0) is 15.1. The maximum absolute atomic E-state index is 10.7. The first-order valence-electron chi connectivity index (χ1n) is 7.46. The Hall–Kier alpha value is -2.09. The fourth-order valence-electron chi connectivity index (χ4n) is 2.82. The molecule has 0 radical (unpaired) electrons. The van der Waals surface area contributed by atoms with Gasteiger partial charge in [-0.1, -0.05) is 74.0 Å². The second-order valence-corrected chi connectivity index (χ2v) is 5.67. The highest BCUT2D eigenvalue weighted by atomic mass is 16.4. The lowest BCUT2D eigenvalue weighted by molar-refractivity contribution is -0.137. The molecule has 2 heteroatoms. The van der Waals surface area contributed by atoms with Gasteiger partial charge in [0, 0.05) is 11.8 Å². The minimum absolute atomic E-state index is 0.0684. The minimum atomic E-state index is -0.712. The van der Waals surface area contributed by atoms with Crippen LogP contribution < -0.4 is 0 Å². The van der Waals surface area contributed by atoms with E-state index in [1.54, 1.807) is 0 Å². The van der Waals surface area contributed by atoms with Crippen LogP contribution in [-0.2, 0) is 10.2 Å². The summed E-state index contributed by atoms with van der Waals surface area (Å²) in [6, 6.07) is 20.9. The number of carboxylic acid groups (broad SMARTS) is 1. The van der Waals surface area contributed by atoms with Crippen molar-refractivity contribution < 1.29 is 9.90 Å². The molecule has 0 aromatic heterocycles. The third-order valence-electron chi connectivity index (χ3n) is 4.14. The summed E-state index contributed by atoms with van der Waals surface area (Å²) in [7, 11) is 0. The lowest BCUT2D eigenvalue weighted by Gasteiger charge is -2.31. The normalized spacial score (nSPS) is 11.3. The van der Waals surface area contributed by atoms with Crippen LogP contribution in [0.5, 0.6) is 0 Å². The van der Waals surface area contributed by atoms with Crippen molar-refractivity contribution in [3.05, 3.63) is 71.8 Å². The number of aliphatic carboxylic acids is 1. The Labute approximate surface area is 126 Å². The molecule has 2 rings (SSSR count). The van der Waals surface area contributed by atoms with Gasteiger partial charge in [0.25, 0.3) is 0 Å². The first kappa shape index (κ1) is 15.3. The van der Waals surface area contributed by atoms with E-state index in [9.17, 15) is 4.79 Å². The van der Waals surface area contributed by atoms with Crippen molar-refractivity contribution in [3.8, 4) is 0 Å². The number of unbranched alkanes of at least 4 members (excludes halogenated alkanes) is 1. The lowest BCUT2D eigenvalue weighted by Crippen LogP contribution is -2.23. The Morgan fingerprint density at radius 3 is 1.81 bits per heavy atom. The molecule has 2 aromatic carbocycles. The third-order valence-corrected chi connectivity index (χ3v) is 4.14. The van der Waals surface area contributed by atoms with Gasteiger partial charge < -0.3 is 5.11 Å². The van der Waals surface area contributed by atoms with Crippen molar-refractivity contribution in [2.24, 2.45) is 0 Å².